The van der Waals surface area contributed by atoms with Crippen LogP contribution in [0.3, 0.4) is 0 Å². The maximum absolute atomic E-state index is 9.61. The fourth-order valence-electron chi connectivity index (χ4n) is 3.88. The molecule has 1 aliphatic heterocycles. The van der Waals surface area contributed by atoms with Crippen LogP contribution in [0.25, 0.3) is 0 Å². The topological polar surface area (TPSA) is 23.5 Å². The van der Waals surface area contributed by atoms with Crippen molar-refractivity contribution < 1.29 is 5.11 Å². The highest BCUT2D eigenvalue weighted by Crippen LogP contribution is 2.46. The molecular formula is C15H21NO. The van der Waals surface area contributed by atoms with E-state index in [-0.39, 0.29) is 0 Å². The maximum atomic E-state index is 9.61. The summed E-state index contributed by atoms with van der Waals surface area (Å²) < 4.78 is 0. The number of nitrogens with zero attached hydrogens (tertiary/aromatic N) is 1. The highest BCUT2D eigenvalue weighted by Gasteiger charge is 2.47. The zero-order chi connectivity index (χ0) is 11.8. The molecule has 2 aliphatic rings. The number of hydrogen-bond donors (Lipinski definition) is 1. The first kappa shape index (κ1) is 11.2. The molecular weight excluding hydrogens is 210 g/mol. The van der Waals surface area contributed by atoms with Gasteiger partial charge in [-0.1, -0.05) is 30.3 Å². The molecule has 0 radical (unpaired) electrons. The van der Waals surface area contributed by atoms with Gasteiger partial charge in [0.2, 0.25) is 0 Å². The predicted molar refractivity (Wildman–Crippen MR) is 68.7 cm³/mol. The summed E-state index contributed by atoms with van der Waals surface area (Å²) in [7, 11) is 0. The van der Waals surface area contributed by atoms with E-state index in [1.165, 1.54) is 24.8 Å². The van der Waals surface area contributed by atoms with E-state index in [9.17, 15) is 5.11 Å². The molecule has 0 spiro atoms. The molecule has 1 aromatic carbocycles. The third kappa shape index (κ3) is 1.80. The minimum Gasteiger partial charge on any atom is -0.395 e. The molecule has 2 nitrogen and oxygen atoms in total. The van der Waals surface area contributed by atoms with Crippen LogP contribution in [0, 0.1) is 5.92 Å². The van der Waals surface area contributed by atoms with Gasteiger partial charge in [-0.2, -0.15) is 0 Å². The molecule has 1 saturated heterocycles. The smallest absolute Gasteiger partial charge is 0.0589 e. The highest BCUT2D eigenvalue weighted by molar-refractivity contribution is 5.20. The summed E-state index contributed by atoms with van der Waals surface area (Å²) in [5.74, 6) is 0.733. The van der Waals surface area contributed by atoms with Gasteiger partial charge in [-0.25, -0.2) is 0 Å². The summed E-state index contributed by atoms with van der Waals surface area (Å²) in [6.45, 7) is 2.59. The van der Waals surface area contributed by atoms with Crippen molar-refractivity contribution in [2.24, 2.45) is 5.92 Å². The molecule has 17 heavy (non-hydrogen) atoms. The van der Waals surface area contributed by atoms with E-state index in [1.54, 1.807) is 0 Å². The summed E-state index contributed by atoms with van der Waals surface area (Å²) in [5, 5.41) is 9.61. The van der Waals surface area contributed by atoms with Gasteiger partial charge in [-0.05, 0) is 37.7 Å². The first-order valence-corrected chi connectivity index (χ1v) is 6.74. The summed E-state index contributed by atoms with van der Waals surface area (Å²) >= 11 is 0. The number of benzene rings is 1. The largest absolute Gasteiger partial charge is 0.395 e. The molecule has 3 rings (SSSR count). The Balaban J connectivity index is 1.84. The average molecular weight is 231 g/mol. The molecule has 1 aliphatic carbocycles. The lowest BCUT2D eigenvalue weighted by Gasteiger charge is -2.39. The van der Waals surface area contributed by atoms with E-state index in [2.05, 4.69) is 42.2 Å². The molecule has 2 fully saturated rings. The fourth-order valence-corrected chi connectivity index (χ4v) is 3.88. The van der Waals surface area contributed by atoms with E-state index >= 15 is 0 Å². The van der Waals surface area contributed by atoms with Crippen molar-refractivity contribution in [1.29, 1.82) is 0 Å². The van der Waals surface area contributed by atoms with Crippen LogP contribution in [0.2, 0.25) is 0 Å². The Hall–Kier alpha value is -0.860. The minimum absolute atomic E-state index is 0.318. The van der Waals surface area contributed by atoms with E-state index in [0.717, 1.165) is 5.92 Å². The van der Waals surface area contributed by atoms with Gasteiger partial charge in [0.05, 0.1) is 6.61 Å². The molecule has 2 bridgehead atoms. The van der Waals surface area contributed by atoms with Crippen LogP contribution in [0.15, 0.2) is 30.3 Å². The van der Waals surface area contributed by atoms with Gasteiger partial charge >= 0.3 is 0 Å². The van der Waals surface area contributed by atoms with Crippen molar-refractivity contribution in [1.82, 2.24) is 4.90 Å². The van der Waals surface area contributed by atoms with Gasteiger partial charge in [0.15, 0.2) is 0 Å². The van der Waals surface area contributed by atoms with Gasteiger partial charge in [0.25, 0.3) is 0 Å². The third-order valence-corrected chi connectivity index (χ3v) is 4.71. The van der Waals surface area contributed by atoms with Gasteiger partial charge in [-0.3, -0.25) is 4.90 Å². The second-order valence-electron chi connectivity index (χ2n) is 5.51. The highest BCUT2D eigenvalue weighted by atomic mass is 16.3. The molecule has 2 heteroatoms. The average Bonchev–Trinajstić information content (AvgIpc) is 2.98. The molecule has 0 aromatic heterocycles. The molecule has 1 aromatic rings. The lowest BCUT2D eigenvalue weighted by atomic mass is 9.96. The van der Waals surface area contributed by atoms with Crippen molar-refractivity contribution in [2.75, 3.05) is 6.61 Å². The van der Waals surface area contributed by atoms with Crippen molar-refractivity contribution >= 4 is 0 Å². The molecule has 1 heterocycles. The lowest BCUT2D eigenvalue weighted by Crippen LogP contribution is -2.44. The maximum Gasteiger partial charge on any atom is 0.0589 e. The van der Waals surface area contributed by atoms with Crippen LogP contribution in [-0.2, 0) is 0 Å². The molecule has 1 saturated carbocycles. The van der Waals surface area contributed by atoms with Crippen molar-refractivity contribution in [3.63, 3.8) is 0 Å². The van der Waals surface area contributed by atoms with Gasteiger partial charge in [0.1, 0.15) is 0 Å². The third-order valence-electron chi connectivity index (χ3n) is 4.71. The molecule has 1 N–H and O–H groups in total. The van der Waals surface area contributed by atoms with Crippen LogP contribution in [0.4, 0.5) is 0 Å². The SMILES string of the molecule is C[C@H](c1ccccc1)N1[C@H]2CC[C@@H](C2)[C@@H]1CO. The Bertz CT molecular complexity index is 378. The van der Waals surface area contributed by atoms with Crippen molar-refractivity contribution in [3.8, 4) is 0 Å². The van der Waals surface area contributed by atoms with Crippen LogP contribution in [0.5, 0.6) is 0 Å². The van der Waals surface area contributed by atoms with E-state index in [1.807, 2.05) is 0 Å². The Morgan fingerprint density at radius 3 is 2.76 bits per heavy atom. The van der Waals surface area contributed by atoms with Crippen molar-refractivity contribution in [2.45, 2.75) is 44.3 Å². The summed E-state index contributed by atoms with van der Waals surface area (Å²) in [4.78, 5) is 2.56. The summed E-state index contributed by atoms with van der Waals surface area (Å²) in [6.07, 6.45) is 3.93. The Kier molecular flexibility index (Phi) is 2.93. The summed E-state index contributed by atoms with van der Waals surface area (Å²) in [5.41, 5.74) is 1.37. The number of rotatable bonds is 3. The number of likely N-dealkylation sites (tertiary alicyclic amines) is 1. The Morgan fingerprint density at radius 1 is 1.29 bits per heavy atom. The van der Waals surface area contributed by atoms with Crippen LogP contribution in [0.1, 0.15) is 37.8 Å². The standard InChI is InChI=1S/C15H21NO/c1-11(12-5-3-2-4-6-12)16-14-8-7-13(9-14)15(16)10-17/h2-6,11,13-15,17H,7-10H2,1H3/t11-,13+,14+,15+/m1/s1. The predicted octanol–water partition coefficient (Wildman–Crippen LogP) is 2.59. The van der Waals surface area contributed by atoms with Crippen molar-refractivity contribution in [3.05, 3.63) is 35.9 Å². The monoisotopic (exact) mass is 231 g/mol. The van der Waals surface area contributed by atoms with E-state index in [0.29, 0.717) is 24.7 Å². The molecule has 92 valence electrons. The zero-order valence-corrected chi connectivity index (χ0v) is 10.4. The second-order valence-corrected chi connectivity index (χ2v) is 5.51. The zero-order valence-electron chi connectivity index (χ0n) is 10.4. The molecule has 0 unspecified atom stereocenters. The van der Waals surface area contributed by atoms with Gasteiger partial charge in [-0.15, -0.1) is 0 Å². The summed E-state index contributed by atoms with van der Waals surface area (Å²) in [6, 6.07) is 12.2. The van der Waals surface area contributed by atoms with Gasteiger partial charge < -0.3 is 5.11 Å². The first-order valence-electron chi connectivity index (χ1n) is 6.74. The van der Waals surface area contributed by atoms with Crippen LogP contribution >= 0.6 is 0 Å². The first-order chi connectivity index (χ1) is 8.31. The quantitative estimate of drug-likeness (QED) is 0.864. The normalized spacial score (nSPS) is 34.1. The fraction of sp³-hybridized carbons (Fsp3) is 0.600. The van der Waals surface area contributed by atoms with E-state index in [4.69, 9.17) is 0 Å². The second kappa shape index (κ2) is 4.43. The van der Waals surface area contributed by atoms with Gasteiger partial charge in [0, 0.05) is 18.1 Å². The number of aliphatic hydroxyl groups excluding tert-OH is 1. The van der Waals surface area contributed by atoms with Crippen LogP contribution < -0.4 is 0 Å². The Labute approximate surface area is 103 Å². The van der Waals surface area contributed by atoms with E-state index < -0.39 is 0 Å². The Morgan fingerprint density at radius 2 is 2.06 bits per heavy atom. The minimum atomic E-state index is 0.318. The molecule has 4 atom stereocenters. The molecule has 0 amide bonds. The van der Waals surface area contributed by atoms with Crippen LogP contribution in [-0.4, -0.2) is 28.7 Å². The lowest BCUT2D eigenvalue weighted by molar-refractivity contribution is 0.0525. The number of fused-ring (bicyclic) bond motifs is 2. The number of hydrogen-bond acceptors (Lipinski definition) is 2. The number of aliphatic hydroxyl groups is 1. The number of piperidine rings is 1.